The van der Waals surface area contributed by atoms with Gasteiger partial charge in [-0.3, -0.25) is 20.0 Å². The van der Waals surface area contributed by atoms with E-state index in [4.69, 9.17) is 10.4 Å². The second kappa shape index (κ2) is 6.55. The molecule has 0 atom stereocenters. The van der Waals surface area contributed by atoms with Crippen LogP contribution in [0.3, 0.4) is 0 Å². The van der Waals surface area contributed by atoms with E-state index in [-0.39, 0.29) is 5.69 Å². The molecule has 2 aliphatic rings. The Bertz CT molecular complexity index is 475. The number of nitrogens with one attached hydrogen (secondary N) is 1. The molecule has 2 heterocycles. The Morgan fingerprint density at radius 2 is 2.05 bits per heavy atom. The van der Waals surface area contributed by atoms with Crippen molar-refractivity contribution in [3.8, 4) is 0 Å². The Kier molecular flexibility index (Phi) is 4.52. The molecule has 116 valence electrons. The molecule has 0 radical (unpaired) electrons. The first-order valence-electron chi connectivity index (χ1n) is 7.69. The van der Waals surface area contributed by atoms with E-state index in [1.165, 1.54) is 25.7 Å². The lowest BCUT2D eigenvalue weighted by molar-refractivity contribution is 0.0878. The molecule has 1 saturated carbocycles. The maximum Gasteiger partial charge on any atom is 0.287 e. The third kappa shape index (κ3) is 3.42. The number of carbonyl (C=O) groups excluding carboxylic acids is 1. The van der Waals surface area contributed by atoms with Crippen molar-refractivity contribution in [2.45, 2.75) is 38.3 Å². The van der Waals surface area contributed by atoms with Crippen molar-refractivity contribution >= 4 is 5.91 Å². The molecule has 2 fully saturated rings. The third-order valence-electron chi connectivity index (χ3n) is 4.55. The van der Waals surface area contributed by atoms with E-state index in [1.807, 2.05) is 0 Å². The Morgan fingerprint density at radius 1 is 1.33 bits per heavy atom. The number of carbonyl (C=O) groups is 1. The van der Waals surface area contributed by atoms with Gasteiger partial charge in [0.05, 0.1) is 6.54 Å². The first kappa shape index (κ1) is 14.5. The van der Waals surface area contributed by atoms with Crippen molar-refractivity contribution in [2.24, 2.45) is 5.84 Å². The monoisotopic (exact) mass is 293 g/mol. The van der Waals surface area contributed by atoms with Crippen LogP contribution in [-0.4, -0.2) is 53.1 Å². The summed E-state index contributed by atoms with van der Waals surface area (Å²) in [7, 11) is 0. The van der Waals surface area contributed by atoms with Gasteiger partial charge in [0.15, 0.2) is 11.5 Å². The van der Waals surface area contributed by atoms with Gasteiger partial charge in [-0.1, -0.05) is 18.0 Å². The minimum atomic E-state index is -0.420. The number of hydrazine groups is 1. The topological polar surface area (TPSA) is 87.6 Å². The molecular formula is C14H23N5O2. The lowest BCUT2D eigenvalue weighted by Gasteiger charge is -2.37. The number of nitrogen functional groups attached to an aromatic ring is 1. The minimum Gasteiger partial charge on any atom is -0.359 e. The van der Waals surface area contributed by atoms with Gasteiger partial charge in [-0.25, -0.2) is 5.84 Å². The zero-order valence-electron chi connectivity index (χ0n) is 12.3. The van der Waals surface area contributed by atoms with E-state index in [2.05, 4.69) is 20.4 Å². The average Bonchev–Trinajstić information content (AvgIpc) is 3.18. The summed E-state index contributed by atoms with van der Waals surface area (Å²) in [6.07, 6.45) is 5.49. The first-order chi connectivity index (χ1) is 10.3. The highest BCUT2D eigenvalue weighted by Crippen LogP contribution is 2.24. The van der Waals surface area contributed by atoms with Crippen LogP contribution >= 0.6 is 0 Å². The molecule has 7 nitrogen and oxygen atoms in total. The fourth-order valence-electron chi connectivity index (χ4n) is 3.34. The van der Waals surface area contributed by atoms with E-state index in [9.17, 15) is 4.79 Å². The van der Waals surface area contributed by atoms with Crippen LogP contribution < -0.4 is 11.3 Å². The zero-order valence-corrected chi connectivity index (χ0v) is 12.3. The number of aromatic nitrogens is 1. The molecule has 1 saturated heterocycles. The molecule has 1 aromatic rings. The molecule has 0 aromatic carbocycles. The van der Waals surface area contributed by atoms with Crippen molar-refractivity contribution in [1.82, 2.24) is 20.4 Å². The van der Waals surface area contributed by atoms with Crippen molar-refractivity contribution in [3.05, 3.63) is 17.5 Å². The smallest absolute Gasteiger partial charge is 0.287 e. The second-order valence-corrected chi connectivity index (χ2v) is 5.90. The summed E-state index contributed by atoms with van der Waals surface area (Å²) in [6, 6.07) is 2.46. The highest BCUT2D eigenvalue weighted by atomic mass is 16.5. The molecular weight excluding hydrogens is 270 g/mol. The van der Waals surface area contributed by atoms with Gasteiger partial charge in [0.2, 0.25) is 0 Å². The Balaban J connectivity index is 1.48. The van der Waals surface area contributed by atoms with E-state index in [0.29, 0.717) is 12.3 Å². The first-order valence-corrected chi connectivity index (χ1v) is 7.69. The fraction of sp³-hybridized carbons (Fsp3) is 0.714. The van der Waals surface area contributed by atoms with Crippen molar-refractivity contribution in [1.29, 1.82) is 0 Å². The molecule has 1 amide bonds. The molecule has 3 N–H and O–H groups in total. The van der Waals surface area contributed by atoms with Gasteiger partial charge in [-0.15, -0.1) is 0 Å². The predicted octanol–water partition coefficient (Wildman–Crippen LogP) is 0.338. The molecule has 1 aliphatic carbocycles. The van der Waals surface area contributed by atoms with Crippen LogP contribution in [0.4, 0.5) is 0 Å². The van der Waals surface area contributed by atoms with E-state index in [0.717, 1.165) is 32.2 Å². The summed E-state index contributed by atoms with van der Waals surface area (Å²) in [5.41, 5.74) is 2.29. The minimum absolute atomic E-state index is 0.233. The maximum absolute atomic E-state index is 11.3. The lowest BCUT2D eigenvalue weighted by Crippen LogP contribution is -2.49. The van der Waals surface area contributed by atoms with Crippen LogP contribution in [-0.2, 0) is 6.54 Å². The fourth-order valence-corrected chi connectivity index (χ4v) is 3.34. The standard InChI is InChI=1S/C14H23N5O2/c15-16-14(20)13-9-12(21-17-13)10-18-5-7-19(8-6-18)11-3-1-2-4-11/h9,11H,1-8,10,15H2,(H,16,20). The molecule has 0 unspecified atom stereocenters. The Hall–Kier alpha value is -1.44. The van der Waals surface area contributed by atoms with E-state index < -0.39 is 5.91 Å². The Labute approximate surface area is 124 Å². The molecule has 1 aromatic heterocycles. The van der Waals surface area contributed by atoms with Gasteiger partial charge >= 0.3 is 0 Å². The zero-order chi connectivity index (χ0) is 14.7. The SMILES string of the molecule is NNC(=O)c1cc(CN2CCN(C3CCCC3)CC2)on1. The summed E-state index contributed by atoms with van der Waals surface area (Å²) in [6.45, 7) is 5.01. The van der Waals surface area contributed by atoms with Gasteiger partial charge in [-0.2, -0.15) is 0 Å². The third-order valence-corrected chi connectivity index (χ3v) is 4.55. The van der Waals surface area contributed by atoms with Crippen molar-refractivity contribution in [3.63, 3.8) is 0 Å². The number of nitrogens with two attached hydrogens (primary N) is 1. The quantitative estimate of drug-likeness (QED) is 0.473. The predicted molar refractivity (Wildman–Crippen MR) is 77.3 cm³/mol. The number of nitrogens with zero attached hydrogens (tertiary/aromatic N) is 3. The molecule has 21 heavy (non-hydrogen) atoms. The molecule has 0 bridgehead atoms. The number of hydrogen-bond donors (Lipinski definition) is 2. The van der Waals surface area contributed by atoms with Gasteiger partial charge in [-0.05, 0) is 12.8 Å². The highest BCUT2D eigenvalue weighted by molar-refractivity contribution is 5.91. The number of hydrogen-bond acceptors (Lipinski definition) is 6. The van der Waals surface area contributed by atoms with Crippen molar-refractivity contribution in [2.75, 3.05) is 26.2 Å². The van der Waals surface area contributed by atoms with Gasteiger partial charge in [0.25, 0.3) is 5.91 Å². The van der Waals surface area contributed by atoms with E-state index in [1.54, 1.807) is 6.07 Å². The number of rotatable bonds is 4. The number of amides is 1. The summed E-state index contributed by atoms with van der Waals surface area (Å²) in [4.78, 5) is 16.3. The highest BCUT2D eigenvalue weighted by Gasteiger charge is 2.26. The average molecular weight is 293 g/mol. The van der Waals surface area contributed by atoms with Crippen molar-refractivity contribution < 1.29 is 9.32 Å². The van der Waals surface area contributed by atoms with Crippen LogP contribution in [0.5, 0.6) is 0 Å². The van der Waals surface area contributed by atoms with Gasteiger partial charge in [0, 0.05) is 38.3 Å². The van der Waals surface area contributed by atoms with Crippen LogP contribution in [0.15, 0.2) is 10.6 Å². The summed E-state index contributed by atoms with van der Waals surface area (Å²) >= 11 is 0. The largest absolute Gasteiger partial charge is 0.359 e. The van der Waals surface area contributed by atoms with Gasteiger partial charge in [0.1, 0.15) is 0 Å². The molecule has 7 heteroatoms. The molecule has 0 spiro atoms. The van der Waals surface area contributed by atoms with Crippen LogP contribution in [0.1, 0.15) is 41.9 Å². The summed E-state index contributed by atoms with van der Waals surface area (Å²) in [5.74, 6) is 5.37. The normalized spacial score (nSPS) is 21.8. The number of piperazine rings is 1. The maximum atomic E-state index is 11.3. The van der Waals surface area contributed by atoms with E-state index >= 15 is 0 Å². The van der Waals surface area contributed by atoms with Crippen LogP contribution in [0, 0.1) is 0 Å². The Morgan fingerprint density at radius 3 is 2.71 bits per heavy atom. The molecule has 1 aliphatic heterocycles. The molecule has 3 rings (SSSR count). The van der Waals surface area contributed by atoms with Crippen LogP contribution in [0.2, 0.25) is 0 Å². The second-order valence-electron chi connectivity index (χ2n) is 5.90. The summed E-state index contributed by atoms with van der Waals surface area (Å²) in [5, 5.41) is 3.73. The lowest BCUT2D eigenvalue weighted by atomic mass is 10.2. The van der Waals surface area contributed by atoms with Gasteiger partial charge < -0.3 is 4.52 Å². The summed E-state index contributed by atoms with van der Waals surface area (Å²) < 4.78 is 5.20. The van der Waals surface area contributed by atoms with Crippen LogP contribution in [0.25, 0.3) is 0 Å².